The summed E-state index contributed by atoms with van der Waals surface area (Å²) in [6, 6.07) is 15.7. The van der Waals surface area contributed by atoms with Crippen LogP contribution in [0.25, 0.3) is 10.9 Å². The molecule has 0 aliphatic heterocycles. The Kier molecular flexibility index (Phi) is 7.03. The maximum Gasteiger partial charge on any atom is 0.258 e. The van der Waals surface area contributed by atoms with Crippen molar-refractivity contribution < 1.29 is 4.79 Å². The second-order valence-electron chi connectivity index (χ2n) is 8.29. The van der Waals surface area contributed by atoms with Gasteiger partial charge in [0.25, 0.3) is 5.56 Å². The van der Waals surface area contributed by atoms with Crippen molar-refractivity contribution in [2.45, 2.75) is 58.9 Å². The molecule has 0 unspecified atom stereocenters. The Bertz CT molecular complexity index is 1050. The average Bonchev–Trinajstić information content (AvgIpc) is 2.75. The van der Waals surface area contributed by atoms with Crippen molar-refractivity contribution in [1.82, 2.24) is 15.3 Å². The van der Waals surface area contributed by atoms with Crippen molar-refractivity contribution in [3.05, 3.63) is 75.8 Å². The number of carbonyl (C=O) groups excluding carboxylic acids is 1. The monoisotopic (exact) mass is 405 g/mol. The molecule has 0 aliphatic carbocycles. The summed E-state index contributed by atoms with van der Waals surface area (Å²) in [6.45, 7) is 8.63. The largest absolute Gasteiger partial charge is 0.349 e. The lowest BCUT2D eigenvalue weighted by Gasteiger charge is -2.23. The summed E-state index contributed by atoms with van der Waals surface area (Å²) in [6.07, 6.45) is 1.77. The Hall–Kier alpha value is -2.95. The number of para-hydroxylation sites is 1. The van der Waals surface area contributed by atoms with E-state index < -0.39 is 0 Å². The fourth-order valence-corrected chi connectivity index (χ4v) is 3.63. The van der Waals surface area contributed by atoms with E-state index in [0.29, 0.717) is 29.1 Å². The number of hydrogen-bond donors (Lipinski definition) is 2. The van der Waals surface area contributed by atoms with E-state index in [1.54, 1.807) is 6.07 Å². The molecule has 5 heteroatoms. The van der Waals surface area contributed by atoms with E-state index in [4.69, 9.17) is 0 Å². The summed E-state index contributed by atoms with van der Waals surface area (Å²) in [5.41, 5.74) is 2.92. The predicted octanol–water partition coefficient (Wildman–Crippen LogP) is 4.88. The molecule has 0 saturated heterocycles. The van der Waals surface area contributed by atoms with Crippen LogP contribution in [0.2, 0.25) is 0 Å². The number of H-pyrrole nitrogens is 1. The quantitative estimate of drug-likeness (QED) is 0.561. The van der Waals surface area contributed by atoms with Gasteiger partial charge in [-0.25, -0.2) is 4.98 Å². The van der Waals surface area contributed by atoms with E-state index >= 15 is 0 Å². The first-order valence-electron chi connectivity index (χ1n) is 10.8. The number of nitrogens with one attached hydrogen (secondary N) is 2. The van der Waals surface area contributed by atoms with Crippen LogP contribution in [0.4, 0.5) is 0 Å². The van der Waals surface area contributed by atoms with Gasteiger partial charge in [0.2, 0.25) is 5.91 Å². The first-order chi connectivity index (χ1) is 14.4. The van der Waals surface area contributed by atoms with Crippen LogP contribution in [-0.4, -0.2) is 15.9 Å². The van der Waals surface area contributed by atoms with E-state index in [2.05, 4.69) is 67.2 Å². The fraction of sp³-hybridized carbons (Fsp3) is 0.400. The van der Waals surface area contributed by atoms with Crippen molar-refractivity contribution in [1.29, 1.82) is 0 Å². The van der Waals surface area contributed by atoms with Crippen LogP contribution in [0.15, 0.2) is 53.3 Å². The molecule has 30 heavy (non-hydrogen) atoms. The zero-order valence-electron chi connectivity index (χ0n) is 18.2. The van der Waals surface area contributed by atoms with Crippen LogP contribution in [0.3, 0.4) is 0 Å². The maximum absolute atomic E-state index is 12.6. The van der Waals surface area contributed by atoms with Gasteiger partial charge in [-0.05, 0) is 41.5 Å². The normalized spacial score (nSPS) is 13.4. The van der Waals surface area contributed by atoms with Crippen LogP contribution >= 0.6 is 0 Å². The summed E-state index contributed by atoms with van der Waals surface area (Å²) in [7, 11) is 0. The van der Waals surface area contributed by atoms with Gasteiger partial charge in [-0.15, -0.1) is 0 Å². The van der Waals surface area contributed by atoms with Gasteiger partial charge in [0, 0.05) is 12.8 Å². The molecule has 0 fully saturated rings. The minimum absolute atomic E-state index is 0.0458. The molecule has 0 radical (unpaired) electrons. The SMILES string of the molecule is CC[C@H](C)c1ccc([C@@H](NC(=O)CCc2nc3ccccc3c(=O)[nH]2)C(C)C)cc1. The molecule has 0 aliphatic rings. The molecular formula is C25H31N3O2. The summed E-state index contributed by atoms with van der Waals surface area (Å²) in [4.78, 5) is 32.1. The number of benzene rings is 2. The first-order valence-corrected chi connectivity index (χ1v) is 10.8. The van der Waals surface area contributed by atoms with Gasteiger partial charge < -0.3 is 10.3 Å². The lowest BCUT2D eigenvalue weighted by atomic mass is 9.92. The zero-order valence-corrected chi connectivity index (χ0v) is 18.2. The van der Waals surface area contributed by atoms with E-state index in [0.717, 1.165) is 12.0 Å². The van der Waals surface area contributed by atoms with Crippen molar-refractivity contribution in [2.75, 3.05) is 0 Å². The molecule has 2 aromatic carbocycles. The lowest BCUT2D eigenvalue weighted by molar-refractivity contribution is -0.122. The fourth-order valence-electron chi connectivity index (χ4n) is 3.63. The third-order valence-corrected chi connectivity index (χ3v) is 5.71. The molecule has 1 aromatic heterocycles. The minimum Gasteiger partial charge on any atom is -0.349 e. The van der Waals surface area contributed by atoms with Gasteiger partial charge in [-0.3, -0.25) is 9.59 Å². The van der Waals surface area contributed by atoms with Crippen molar-refractivity contribution in [3.63, 3.8) is 0 Å². The Morgan fingerprint density at radius 1 is 1.03 bits per heavy atom. The van der Waals surface area contributed by atoms with Crippen LogP contribution in [0.5, 0.6) is 0 Å². The molecule has 158 valence electrons. The van der Waals surface area contributed by atoms with Crippen LogP contribution < -0.4 is 10.9 Å². The Balaban J connectivity index is 1.66. The summed E-state index contributed by atoms with van der Waals surface area (Å²) in [5, 5.41) is 3.72. The number of rotatable bonds is 8. The molecule has 5 nitrogen and oxygen atoms in total. The number of hydrogen-bond acceptors (Lipinski definition) is 3. The topological polar surface area (TPSA) is 74.8 Å². The van der Waals surface area contributed by atoms with Crippen LogP contribution in [0.1, 0.15) is 69.4 Å². The Morgan fingerprint density at radius 2 is 1.70 bits per heavy atom. The minimum atomic E-state index is -0.169. The second-order valence-corrected chi connectivity index (χ2v) is 8.29. The molecule has 3 rings (SSSR count). The smallest absolute Gasteiger partial charge is 0.258 e. The van der Waals surface area contributed by atoms with E-state index in [1.807, 2.05) is 18.2 Å². The standard InChI is InChI=1S/C25H31N3O2/c1-5-17(4)18-10-12-19(13-11-18)24(16(2)3)28-23(29)15-14-22-26-21-9-7-6-8-20(21)25(30)27-22/h6-13,16-17,24H,5,14-15H2,1-4H3,(H,28,29)(H,26,27,30)/t17-,24-/m0/s1. The summed E-state index contributed by atoms with van der Waals surface area (Å²) in [5.74, 6) is 1.29. The average molecular weight is 406 g/mol. The van der Waals surface area contributed by atoms with Crippen LogP contribution in [-0.2, 0) is 11.2 Å². The molecule has 0 saturated carbocycles. The van der Waals surface area contributed by atoms with Gasteiger partial charge in [-0.1, -0.05) is 64.1 Å². The first kappa shape index (κ1) is 21.8. The zero-order chi connectivity index (χ0) is 21.7. The number of carbonyl (C=O) groups is 1. The molecule has 3 aromatic rings. The van der Waals surface area contributed by atoms with Crippen molar-refractivity contribution >= 4 is 16.8 Å². The summed E-state index contributed by atoms with van der Waals surface area (Å²) >= 11 is 0. The summed E-state index contributed by atoms with van der Waals surface area (Å²) < 4.78 is 0. The van der Waals surface area contributed by atoms with E-state index in [9.17, 15) is 9.59 Å². The number of nitrogens with zero attached hydrogens (tertiary/aromatic N) is 1. The van der Waals surface area contributed by atoms with Gasteiger partial charge in [0.1, 0.15) is 5.82 Å². The van der Waals surface area contributed by atoms with E-state index in [-0.39, 0.29) is 29.8 Å². The molecular weight excluding hydrogens is 374 g/mol. The number of aryl methyl sites for hydroxylation is 1. The lowest BCUT2D eigenvalue weighted by Crippen LogP contribution is -2.32. The molecule has 1 heterocycles. The third kappa shape index (κ3) is 5.15. The second kappa shape index (κ2) is 9.70. The number of aromatic amines is 1. The van der Waals surface area contributed by atoms with E-state index in [1.165, 1.54) is 5.56 Å². The highest BCUT2D eigenvalue weighted by molar-refractivity contribution is 5.78. The molecule has 1 amide bonds. The van der Waals surface area contributed by atoms with Gasteiger partial charge >= 0.3 is 0 Å². The highest BCUT2D eigenvalue weighted by Crippen LogP contribution is 2.25. The maximum atomic E-state index is 12.6. The molecule has 0 bridgehead atoms. The highest BCUT2D eigenvalue weighted by Gasteiger charge is 2.19. The molecule has 2 atom stereocenters. The molecule has 2 N–H and O–H groups in total. The highest BCUT2D eigenvalue weighted by atomic mass is 16.1. The van der Waals surface area contributed by atoms with Crippen molar-refractivity contribution in [3.8, 4) is 0 Å². The van der Waals surface area contributed by atoms with Crippen molar-refractivity contribution in [2.24, 2.45) is 5.92 Å². The number of fused-ring (bicyclic) bond motifs is 1. The van der Waals surface area contributed by atoms with Crippen LogP contribution in [0, 0.1) is 5.92 Å². The number of aromatic nitrogens is 2. The van der Waals surface area contributed by atoms with Gasteiger partial charge in [-0.2, -0.15) is 0 Å². The van der Waals surface area contributed by atoms with Gasteiger partial charge in [0.15, 0.2) is 0 Å². The Labute approximate surface area is 177 Å². The third-order valence-electron chi connectivity index (χ3n) is 5.71. The number of amides is 1. The predicted molar refractivity (Wildman–Crippen MR) is 122 cm³/mol. The Morgan fingerprint density at radius 3 is 2.37 bits per heavy atom. The van der Waals surface area contributed by atoms with Gasteiger partial charge in [0.05, 0.1) is 16.9 Å². The molecule has 0 spiro atoms.